The van der Waals surface area contributed by atoms with Crippen molar-refractivity contribution in [1.82, 2.24) is 20.4 Å². The number of halogens is 1. The number of nitrogens with zero attached hydrogens (tertiary/aromatic N) is 2. The van der Waals surface area contributed by atoms with Crippen LogP contribution in [-0.4, -0.2) is 41.8 Å². The van der Waals surface area contributed by atoms with Crippen molar-refractivity contribution < 1.29 is 14.3 Å². The fourth-order valence-corrected chi connectivity index (χ4v) is 3.42. The highest BCUT2D eigenvalue weighted by molar-refractivity contribution is 5.90. The molecule has 1 aromatic carbocycles. The second-order valence-electron chi connectivity index (χ2n) is 6.63. The van der Waals surface area contributed by atoms with E-state index in [2.05, 4.69) is 21.0 Å². The van der Waals surface area contributed by atoms with E-state index < -0.39 is 5.54 Å². The van der Waals surface area contributed by atoms with Crippen LogP contribution in [0.3, 0.4) is 0 Å². The number of piperidine rings is 1. The second kappa shape index (κ2) is 9.57. The van der Waals surface area contributed by atoms with Crippen molar-refractivity contribution in [3.05, 3.63) is 42.2 Å². The van der Waals surface area contributed by atoms with Gasteiger partial charge in [0.2, 0.25) is 11.8 Å². The van der Waals surface area contributed by atoms with Gasteiger partial charge in [0.25, 0.3) is 0 Å². The zero-order chi connectivity index (χ0) is 19.3. The van der Waals surface area contributed by atoms with Gasteiger partial charge in [-0.1, -0.05) is 6.07 Å². The maximum atomic E-state index is 13.1. The Balaban J connectivity index is 0.00000280. The molecule has 1 aromatic heterocycles. The lowest BCUT2D eigenvalue weighted by Gasteiger charge is -2.36. The number of anilines is 1. The summed E-state index contributed by atoms with van der Waals surface area (Å²) in [6.07, 6.45) is 4.90. The van der Waals surface area contributed by atoms with E-state index in [1.165, 1.54) is 6.92 Å². The van der Waals surface area contributed by atoms with Crippen LogP contribution in [0, 0.1) is 0 Å². The molecule has 2 amide bonds. The summed E-state index contributed by atoms with van der Waals surface area (Å²) in [4.78, 5) is 24.5. The van der Waals surface area contributed by atoms with E-state index in [0.29, 0.717) is 30.8 Å². The molecular formula is C19H26ClN5O3. The molecule has 1 fully saturated rings. The molecule has 0 spiro atoms. The summed E-state index contributed by atoms with van der Waals surface area (Å²) in [5.41, 5.74) is 0.777. The monoisotopic (exact) mass is 407 g/mol. The Kier molecular flexibility index (Phi) is 7.42. The van der Waals surface area contributed by atoms with Crippen LogP contribution < -0.4 is 20.7 Å². The van der Waals surface area contributed by atoms with E-state index in [9.17, 15) is 9.59 Å². The van der Waals surface area contributed by atoms with Crippen LogP contribution in [0.2, 0.25) is 0 Å². The number of hydrogen-bond donors (Lipinski definition) is 3. The predicted molar refractivity (Wildman–Crippen MR) is 109 cm³/mol. The van der Waals surface area contributed by atoms with Crippen LogP contribution in [0.1, 0.15) is 25.3 Å². The highest BCUT2D eigenvalue weighted by Gasteiger charge is 2.41. The summed E-state index contributed by atoms with van der Waals surface area (Å²) in [7, 11) is 1.55. The normalized spacial score (nSPS) is 15.2. The maximum Gasteiger partial charge on any atom is 0.248 e. The first kappa shape index (κ1) is 21.7. The van der Waals surface area contributed by atoms with Crippen molar-refractivity contribution in [2.45, 2.75) is 31.8 Å². The molecule has 0 saturated carbocycles. The van der Waals surface area contributed by atoms with Gasteiger partial charge in [-0.05, 0) is 49.7 Å². The first-order valence-corrected chi connectivity index (χ1v) is 8.99. The molecule has 0 unspecified atom stereocenters. The molecule has 3 rings (SSSR count). The first-order valence-electron chi connectivity index (χ1n) is 8.99. The fourth-order valence-electron chi connectivity index (χ4n) is 3.42. The largest absolute Gasteiger partial charge is 0.495 e. The molecule has 8 nitrogen and oxygen atoms in total. The van der Waals surface area contributed by atoms with Crippen molar-refractivity contribution in [3.8, 4) is 5.75 Å². The molecule has 3 N–H and O–H groups in total. The third-order valence-corrected chi connectivity index (χ3v) is 4.82. The fraction of sp³-hybridized carbons (Fsp3) is 0.421. The number of ether oxygens (including phenoxy) is 1. The Hall–Kier alpha value is -2.58. The molecule has 152 valence electrons. The van der Waals surface area contributed by atoms with Gasteiger partial charge in [0, 0.05) is 25.9 Å². The van der Waals surface area contributed by atoms with Gasteiger partial charge in [-0.2, -0.15) is 5.10 Å². The van der Waals surface area contributed by atoms with E-state index in [0.717, 1.165) is 18.7 Å². The summed E-state index contributed by atoms with van der Waals surface area (Å²) >= 11 is 0. The molecular weight excluding hydrogens is 382 g/mol. The number of carbonyl (C=O) groups is 2. The van der Waals surface area contributed by atoms with E-state index in [-0.39, 0.29) is 24.2 Å². The number of hydrogen-bond acceptors (Lipinski definition) is 5. The Morgan fingerprint density at radius 3 is 2.68 bits per heavy atom. The number of aromatic nitrogens is 2. The molecule has 1 aliphatic heterocycles. The van der Waals surface area contributed by atoms with Crippen molar-refractivity contribution in [2.24, 2.45) is 0 Å². The third kappa shape index (κ3) is 4.63. The zero-order valence-corrected chi connectivity index (χ0v) is 16.8. The number of methoxy groups -OCH3 is 1. The highest BCUT2D eigenvalue weighted by atomic mass is 35.5. The Bertz CT molecular complexity index is 804. The smallest absolute Gasteiger partial charge is 0.248 e. The van der Waals surface area contributed by atoms with Crippen molar-refractivity contribution in [2.75, 3.05) is 25.5 Å². The summed E-state index contributed by atoms with van der Waals surface area (Å²) in [5, 5.41) is 13.4. The Morgan fingerprint density at radius 2 is 2.07 bits per heavy atom. The van der Waals surface area contributed by atoms with E-state index >= 15 is 0 Å². The molecule has 1 aliphatic rings. The van der Waals surface area contributed by atoms with Crippen molar-refractivity contribution in [3.63, 3.8) is 0 Å². The molecule has 1 saturated heterocycles. The average molecular weight is 408 g/mol. The number of carbonyl (C=O) groups excluding carboxylic acids is 2. The average Bonchev–Trinajstić information content (AvgIpc) is 3.21. The lowest BCUT2D eigenvalue weighted by atomic mass is 9.87. The van der Waals surface area contributed by atoms with Crippen LogP contribution in [0.5, 0.6) is 5.75 Å². The van der Waals surface area contributed by atoms with Crippen LogP contribution in [0.25, 0.3) is 0 Å². The summed E-state index contributed by atoms with van der Waals surface area (Å²) in [5.74, 6) is 0.345. The zero-order valence-electron chi connectivity index (χ0n) is 16.0. The first-order chi connectivity index (χ1) is 13.0. The van der Waals surface area contributed by atoms with Crippen LogP contribution >= 0.6 is 12.4 Å². The number of benzene rings is 1. The van der Waals surface area contributed by atoms with Gasteiger partial charge in [-0.3, -0.25) is 14.3 Å². The minimum atomic E-state index is -0.679. The number of nitrogens with one attached hydrogen (secondary N) is 3. The van der Waals surface area contributed by atoms with Gasteiger partial charge in [-0.25, -0.2) is 0 Å². The van der Waals surface area contributed by atoms with Gasteiger partial charge >= 0.3 is 0 Å². The molecule has 0 aliphatic carbocycles. The lowest BCUT2D eigenvalue weighted by Crippen LogP contribution is -2.54. The van der Waals surface area contributed by atoms with Crippen molar-refractivity contribution >= 4 is 29.9 Å². The van der Waals surface area contributed by atoms with E-state index in [1.807, 2.05) is 24.4 Å². The molecule has 0 atom stereocenters. The molecule has 0 radical (unpaired) electrons. The Labute approximate surface area is 170 Å². The lowest BCUT2D eigenvalue weighted by molar-refractivity contribution is -0.132. The van der Waals surface area contributed by atoms with Crippen molar-refractivity contribution in [1.29, 1.82) is 0 Å². The van der Waals surface area contributed by atoms with E-state index in [4.69, 9.17) is 4.74 Å². The molecule has 9 heteroatoms. The van der Waals surface area contributed by atoms with Crippen LogP contribution in [-0.2, 0) is 21.7 Å². The Morgan fingerprint density at radius 1 is 1.32 bits per heavy atom. The topological polar surface area (TPSA) is 97.3 Å². The number of amides is 2. The minimum absolute atomic E-state index is 0. The molecule has 2 aromatic rings. The predicted octanol–water partition coefficient (Wildman–Crippen LogP) is 1.67. The van der Waals surface area contributed by atoms with E-state index in [1.54, 1.807) is 24.1 Å². The maximum absolute atomic E-state index is 13.1. The van der Waals surface area contributed by atoms with Gasteiger partial charge in [0.05, 0.1) is 12.8 Å². The third-order valence-electron chi connectivity index (χ3n) is 4.82. The molecule has 2 heterocycles. The summed E-state index contributed by atoms with van der Waals surface area (Å²) in [6, 6.07) is 7.29. The van der Waals surface area contributed by atoms with Gasteiger partial charge < -0.3 is 20.7 Å². The SMILES string of the molecule is COc1ccc(CNC(=O)C2(n3cccn3)CCNCC2)cc1NC(C)=O.Cl. The number of rotatable bonds is 6. The quantitative estimate of drug-likeness (QED) is 0.676. The van der Waals surface area contributed by atoms with Crippen LogP contribution in [0.15, 0.2) is 36.7 Å². The standard InChI is InChI=1S/C19H25N5O3.ClH/c1-14(25)23-16-12-15(4-5-17(16)27-2)13-21-18(26)19(6-9-20-10-7-19)24-11-3-8-22-24;/h3-5,8,11-12,20H,6-7,9-10,13H2,1-2H3,(H,21,26)(H,23,25);1H. The minimum Gasteiger partial charge on any atom is -0.495 e. The highest BCUT2D eigenvalue weighted by Crippen LogP contribution is 2.28. The second-order valence-corrected chi connectivity index (χ2v) is 6.63. The van der Waals surface area contributed by atoms with Gasteiger partial charge in [-0.15, -0.1) is 12.4 Å². The van der Waals surface area contributed by atoms with Crippen LogP contribution in [0.4, 0.5) is 5.69 Å². The summed E-state index contributed by atoms with van der Waals surface area (Å²) in [6.45, 7) is 3.33. The molecule has 0 bridgehead atoms. The molecule has 28 heavy (non-hydrogen) atoms. The van der Waals surface area contributed by atoms with Gasteiger partial charge in [0.1, 0.15) is 11.3 Å². The summed E-state index contributed by atoms with van der Waals surface area (Å²) < 4.78 is 7.03. The van der Waals surface area contributed by atoms with Gasteiger partial charge in [0.15, 0.2) is 0 Å².